The van der Waals surface area contributed by atoms with Gasteiger partial charge in [0.15, 0.2) is 5.76 Å². The third-order valence-corrected chi connectivity index (χ3v) is 3.77. The third-order valence-electron chi connectivity index (χ3n) is 3.77. The molecule has 6 heteroatoms. The zero-order valence-corrected chi connectivity index (χ0v) is 14.9. The number of ether oxygens (including phenoxy) is 2. The maximum atomic E-state index is 11.9. The number of benzene rings is 1. The lowest BCUT2D eigenvalue weighted by molar-refractivity contribution is 0.0792. The van der Waals surface area contributed by atoms with E-state index in [2.05, 4.69) is 4.98 Å². The molecule has 0 saturated heterocycles. The number of amides is 1. The second kappa shape index (κ2) is 7.74. The van der Waals surface area contributed by atoms with Crippen molar-refractivity contribution in [3.63, 3.8) is 0 Å². The van der Waals surface area contributed by atoms with E-state index in [0.717, 1.165) is 11.1 Å². The van der Waals surface area contributed by atoms with Crippen LogP contribution in [0.3, 0.4) is 0 Å². The summed E-state index contributed by atoms with van der Waals surface area (Å²) < 4.78 is 16.7. The molecule has 0 bridgehead atoms. The van der Waals surface area contributed by atoms with E-state index in [1.807, 2.05) is 24.3 Å². The van der Waals surface area contributed by atoms with Crippen LogP contribution in [-0.2, 0) is 6.61 Å². The molecule has 26 heavy (non-hydrogen) atoms. The summed E-state index contributed by atoms with van der Waals surface area (Å²) in [5.41, 5.74) is 1.91. The van der Waals surface area contributed by atoms with Crippen molar-refractivity contribution in [1.29, 1.82) is 0 Å². The largest absolute Gasteiger partial charge is 0.497 e. The fraction of sp³-hybridized carbons (Fsp3) is 0.200. The number of methoxy groups -OCH3 is 1. The Kier molecular flexibility index (Phi) is 5.22. The molecule has 3 rings (SSSR count). The predicted octanol–water partition coefficient (Wildman–Crippen LogP) is 3.63. The number of hydrogen-bond acceptors (Lipinski definition) is 5. The van der Waals surface area contributed by atoms with Crippen molar-refractivity contribution in [1.82, 2.24) is 9.88 Å². The number of nitrogens with zero attached hydrogens (tertiary/aromatic N) is 2. The predicted molar refractivity (Wildman–Crippen MR) is 97.3 cm³/mol. The van der Waals surface area contributed by atoms with E-state index in [1.165, 1.54) is 4.90 Å². The standard InChI is InChI=1S/C20H20N2O4/c1-22(2)20(23)19-7-6-16(26-19)13-25-18-10-15(9-17(11-18)24-3)14-5-4-8-21-12-14/h4-12H,13H2,1-3H3. The Morgan fingerprint density at radius 3 is 2.62 bits per heavy atom. The maximum absolute atomic E-state index is 11.9. The minimum atomic E-state index is -0.184. The Morgan fingerprint density at radius 2 is 1.92 bits per heavy atom. The van der Waals surface area contributed by atoms with E-state index in [0.29, 0.717) is 17.3 Å². The average molecular weight is 352 g/mol. The summed E-state index contributed by atoms with van der Waals surface area (Å²) in [6.45, 7) is 0.209. The van der Waals surface area contributed by atoms with E-state index in [9.17, 15) is 4.79 Å². The van der Waals surface area contributed by atoms with Gasteiger partial charge in [0, 0.05) is 38.1 Å². The Hall–Kier alpha value is -3.28. The van der Waals surface area contributed by atoms with Gasteiger partial charge in [0.25, 0.3) is 5.91 Å². The van der Waals surface area contributed by atoms with Crippen LogP contribution in [0.4, 0.5) is 0 Å². The maximum Gasteiger partial charge on any atom is 0.289 e. The second-order valence-corrected chi connectivity index (χ2v) is 5.89. The number of aromatic nitrogens is 1. The van der Waals surface area contributed by atoms with Crippen LogP contribution in [0.5, 0.6) is 11.5 Å². The van der Waals surface area contributed by atoms with Crippen molar-refractivity contribution in [2.45, 2.75) is 6.61 Å². The first kappa shape index (κ1) is 17.5. The van der Waals surface area contributed by atoms with Gasteiger partial charge in [-0.3, -0.25) is 9.78 Å². The molecule has 1 aromatic carbocycles. The Balaban J connectivity index is 1.77. The zero-order valence-electron chi connectivity index (χ0n) is 14.9. The molecule has 0 aliphatic heterocycles. The highest BCUT2D eigenvalue weighted by atomic mass is 16.5. The van der Waals surface area contributed by atoms with E-state index in [4.69, 9.17) is 13.9 Å². The van der Waals surface area contributed by atoms with Gasteiger partial charge in [-0.05, 0) is 35.9 Å². The number of carbonyl (C=O) groups excluding carboxylic acids is 1. The lowest BCUT2D eigenvalue weighted by atomic mass is 10.1. The van der Waals surface area contributed by atoms with E-state index < -0.39 is 0 Å². The third kappa shape index (κ3) is 4.03. The lowest BCUT2D eigenvalue weighted by Gasteiger charge is -2.10. The molecule has 0 aliphatic carbocycles. The number of furan rings is 1. The van der Waals surface area contributed by atoms with E-state index >= 15 is 0 Å². The Labute approximate surface area is 152 Å². The summed E-state index contributed by atoms with van der Waals surface area (Å²) in [4.78, 5) is 17.5. The van der Waals surface area contributed by atoms with Gasteiger partial charge < -0.3 is 18.8 Å². The lowest BCUT2D eigenvalue weighted by Crippen LogP contribution is -2.20. The van der Waals surface area contributed by atoms with Crippen molar-refractivity contribution >= 4 is 5.91 Å². The Bertz CT molecular complexity index is 888. The van der Waals surface area contributed by atoms with Crippen molar-refractivity contribution in [3.8, 4) is 22.6 Å². The molecule has 0 spiro atoms. The van der Waals surface area contributed by atoms with Gasteiger partial charge in [-0.15, -0.1) is 0 Å². The molecule has 2 heterocycles. The minimum absolute atomic E-state index is 0.184. The highest BCUT2D eigenvalue weighted by Crippen LogP contribution is 2.30. The van der Waals surface area contributed by atoms with Crippen LogP contribution in [0, 0.1) is 0 Å². The normalized spacial score (nSPS) is 10.4. The van der Waals surface area contributed by atoms with Crippen LogP contribution in [0.1, 0.15) is 16.3 Å². The van der Waals surface area contributed by atoms with Gasteiger partial charge in [-0.2, -0.15) is 0 Å². The molecule has 2 aromatic heterocycles. The molecule has 0 unspecified atom stereocenters. The van der Waals surface area contributed by atoms with Gasteiger partial charge in [0.05, 0.1) is 7.11 Å². The highest BCUT2D eigenvalue weighted by Gasteiger charge is 2.13. The molecule has 0 N–H and O–H groups in total. The smallest absolute Gasteiger partial charge is 0.289 e. The van der Waals surface area contributed by atoms with Crippen molar-refractivity contribution in [2.75, 3.05) is 21.2 Å². The van der Waals surface area contributed by atoms with Crippen LogP contribution >= 0.6 is 0 Å². The molecular weight excluding hydrogens is 332 g/mol. The molecule has 0 atom stereocenters. The van der Waals surface area contributed by atoms with Crippen molar-refractivity contribution < 1.29 is 18.7 Å². The average Bonchev–Trinajstić information content (AvgIpc) is 3.15. The summed E-state index contributed by atoms with van der Waals surface area (Å²) in [7, 11) is 4.96. The van der Waals surface area contributed by atoms with Crippen LogP contribution in [-0.4, -0.2) is 37.0 Å². The van der Waals surface area contributed by atoms with Gasteiger partial charge >= 0.3 is 0 Å². The van der Waals surface area contributed by atoms with Crippen LogP contribution < -0.4 is 9.47 Å². The van der Waals surface area contributed by atoms with E-state index in [-0.39, 0.29) is 18.3 Å². The van der Waals surface area contributed by atoms with Crippen LogP contribution in [0.25, 0.3) is 11.1 Å². The monoisotopic (exact) mass is 352 g/mol. The second-order valence-electron chi connectivity index (χ2n) is 5.89. The number of carbonyl (C=O) groups is 1. The number of pyridine rings is 1. The number of hydrogen-bond donors (Lipinski definition) is 0. The first-order chi connectivity index (χ1) is 12.6. The zero-order chi connectivity index (χ0) is 18.5. The summed E-state index contributed by atoms with van der Waals surface area (Å²) in [6, 6.07) is 12.9. The first-order valence-electron chi connectivity index (χ1n) is 8.09. The summed E-state index contributed by atoms with van der Waals surface area (Å²) in [5.74, 6) is 2.00. The molecule has 1 amide bonds. The summed E-state index contributed by atoms with van der Waals surface area (Å²) in [5, 5.41) is 0. The SMILES string of the molecule is COc1cc(OCc2ccc(C(=O)N(C)C)o2)cc(-c2cccnc2)c1. The highest BCUT2D eigenvalue weighted by molar-refractivity contribution is 5.91. The van der Waals surface area contributed by atoms with Crippen molar-refractivity contribution in [2.24, 2.45) is 0 Å². The Morgan fingerprint density at radius 1 is 1.12 bits per heavy atom. The topological polar surface area (TPSA) is 64.8 Å². The van der Waals surface area contributed by atoms with Crippen LogP contribution in [0.15, 0.2) is 59.3 Å². The number of rotatable bonds is 6. The quantitative estimate of drug-likeness (QED) is 0.678. The molecule has 0 fully saturated rings. The summed E-state index contributed by atoms with van der Waals surface area (Å²) >= 11 is 0. The minimum Gasteiger partial charge on any atom is -0.497 e. The molecule has 0 radical (unpaired) electrons. The summed E-state index contributed by atoms with van der Waals surface area (Å²) in [6.07, 6.45) is 3.51. The van der Waals surface area contributed by atoms with Crippen molar-refractivity contribution in [3.05, 3.63) is 66.4 Å². The fourth-order valence-electron chi connectivity index (χ4n) is 2.42. The fourth-order valence-corrected chi connectivity index (χ4v) is 2.42. The van der Waals surface area contributed by atoms with Crippen LogP contribution in [0.2, 0.25) is 0 Å². The molecule has 3 aromatic rings. The molecule has 0 aliphatic rings. The van der Waals surface area contributed by atoms with Gasteiger partial charge in [0.2, 0.25) is 0 Å². The van der Waals surface area contributed by atoms with Gasteiger partial charge in [0.1, 0.15) is 23.9 Å². The molecule has 0 saturated carbocycles. The van der Waals surface area contributed by atoms with E-state index in [1.54, 1.807) is 51.8 Å². The molecular formula is C20H20N2O4. The first-order valence-corrected chi connectivity index (χ1v) is 8.09. The molecule has 134 valence electrons. The van der Waals surface area contributed by atoms with Gasteiger partial charge in [-0.25, -0.2) is 0 Å². The molecule has 6 nitrogen and oxygen atoms in total. The van der Waals surface area contributed by atoms with Gasteiger partial charge in [-0.1, -0.05) is 6.07 Å².